The fraction of sp³-hybridized carbons (Fsp3) is 0.500. The predicted octanol–water partition coefficient (Wildman–Crippen LogP) is -0.521. The molecule has 0 fully saturated rings. The Hall–Kier alpha value is -2.05. The summed E-state index contributed by atoms with van der Waals surface area (Å²) in [5, 5.41) is 6.63. The molecule has 5 N–H and O–H groups in total. The van der Waals surface area contributed by atoms with Crippen molar-refractivity contribution in [1.29, 1.82) is 0 Å². The zero-order valence-electron chi connectivity index (χ0n) is 9.93. The zero-order chi connectivity index (χ0) is 13.0. The molecule has 1 rings (SSSR count). The highest BCUT2D eigenvalue weighted by molar-refractivity contribution is 5.97. The van der Waals surface area contributed by atoms with E-state index in [4.69, 9.17) is 11.5 Å². The van der Waals surface area contributed by atoms with Gasteiger partial charge in [0, 0.05) is 25.2 Å². The third-order valence-corrected chi connectivity index (χ3v) is 2.21. The number of carbonyl (C=O) groups is 2. The minimum atomic E-state index is -0.468. The molecule has 0 aliphatic carbocycles. The summed E-state index contributed by atoms with van der Waals surface area (Å²) in [5.74, 6) is -0.867. The number of amides is 2. The largest absolute Gasteiger partial charge is 0.396 e. The molecule has 94 valence electrons. The molecule has 0 aliphatic heterocycles. The van der Waals surface area contributed by atoms with E-state index >= 15 is 0 Å². The van der Waals surface area contributed by atoms with Gasteiger partial charge in [-0.3, -0.25) is 14.3 Å². The Labute approximate surface area is 99.1 Å². The van der Waals surface area contributed by atoms with Crippen LogP contribution < -0.4 is 16.8 Å². The van der Waals surface area contributed by atoms with Gasteiger partial charge in [0.25, 0.3) is 5.91 Å². The van der Waals surface area contributed by atoms with Crippen LogP contribution >= 0.6 is 0 Å². The highest BCUT2D eigenvalue weighted by Gasteiger charge is 2.17. The van der Waals surface area contributed by atoms with Crippen molar-refractivity contribution in [2.45, 2.75) is 32.9 Å². The average molecular weight is 239 g/mol. The Kier molecular flexibility index (Phi) is 4.08. The maximum Gasteiger partial charge on any atom is 0.274 e. The lowest BCUT2D eigenvalue weighted by molar-refractivity contribution is -0.118. The summed E-state index contributed by atoms with van der Waals surface area (Å²) in [5.41, 5.74) is 11.2. The van der Waals surface area contributed by atoms with Crippen LogP contribution in [0, 0.1) is 0 Å². The molecule has 0 bridgehead atoms. The van der Waals surface area contributed by atoms with E-state index in [0.29, 0.717) is 12.2 Å². The SMILES string of the molecule is CCn1cc(N)c(C(=O)NC(C)CC(N)=O)n1. The second-order valence-electron chi connectivity index (χ2n) is 3.83. The fourth-order valence-electron chi connectivity index (χ4n) is 1.42. The Balaban J connectivity index is 2.69. The van der Waals surface area contributed by atoms with Crippen LogP contribution in [0.3, 0.4) is 0 Å². The van der Waals surface area contributed by atoms with Crippen molar-refractivity contribution in [2.24, 2.45) is 5.73 Å². The highest BCUT2D eigenvalue weighted by atomic mass is 16.2. The van der Waals surface area contributed by atoms with Gasteiger partial charge >= 0.3 is 0 Å². The van der Waals surface area contributed by atoms with E-state index in [1.54, 1.807) is 17.8 Å². The summed E-state index contributed by atoms with van der Waals surface area (Å²) < 4.78 is 1.57. The number of nitrogens with one attached hydrogen (secondary N) is 1. The number of rotatable bonds is 5. The number of nitrogens with zero attached hydrogens (tertiary/aromatic N) is 2. The van der Waals surface area contributed by atoms with Gasteiger partial charge in [-0.2, -0.15) is 5.10 Å². The number of aromatic nitrogens is 2. The van der Waals surface area contributed by atoms with E-state index < -0.39 is 11.8 Å². The van der Waals surface area contributed by atoms with Crippen LogP contribution in [-0.2, 0) is 11.3 Å². The third-order valence-electron chi connectivity index (χ3n) is 2.21. The lowest BCUT2D eigenvalue weighted by Gasteiger charge is -2.10. The number of hydrogen-bond donors (Lipinski definition) is 3. The molecule has 7 nitrogen and oxygen atoms in total. The smallest absolute Gasteiger partial charge is 0.274 e. The van der Waals surface area contributed by atoms with Gasteiger partial charge in [-0.25, -0.2) is 0 Å². The topological polar surface area (TPSA) is 116 Å². The normalized spacial score (nSPS) is 12.1. The molecule has 1 heterocycles. The molecular weight excluding hydrogens is 222 g/mol. The molecule has 0 aromatic carbocycles. The predicted molar refractivity (Wildman–Crippen MR) is 63.1 cm³/mol. The van der Waals surface area contributed by atoms with Gasteiger partial charge in [0.15, 0.2) is 5.69 Å². The van der Waals surface area contributed by atoms with Gasteiger partial charge in [-0.15, -0.1) is 0 Å². The second-order valence-corrected chi connectivity index (χ2v) is 3.83. The molecule has 2 amide bonds. The molecule has 0 radical (unpaired) electrons. The standard InChI is InChI=1S/C10H17N5O2/c1-3-15-5-7(11)9(14-15)10(17)13-6(2)4-8(12)16/h5-6H,3-4,11H2,1-2H3,(H2,12,16)(H,13,17). The summed E-state index contributed by atoms with van der Waals surface area (Å²) >= 11 is 0. The second kappa shape index (κ2) is 5.33. The van der Waals surface area contributed by atoms with Crippen molar-refractivity contribution in [3.63, 3.8) is 0 Å². The van der Waals surface area contributed by atoms with Crippen LogP contribution in [0.15, 0.2) is 6.20 Å². The Morgan fingerprint density at radius 3 is 2.71 bits per heavy atom. The van der Waals surface area contributed by atoms with Gasteiger partial charge in [0.1, 0.15) is 0 Å². The first kappa shape index (κ1) is 13.0. The molecule has 0 saturated carbocycles. The molecule has 17 heavy (non-hydrogen) atoms. The number of hydrogen-bond acceptors (Lipinski definition) is 4. The summed E-state index contributed by atoms with van der Waals surface area (Å²) in [6.07, 6.45) is 1.67. The van der Waals surface area contributed by atoms with E-state index in [0.717, 1.165) is 0 Å². The first-order valence-corrected chi connectivity index (χ1v) is 5.36. The molecule has 1 atom stereocenters. The van der Waals surface area contributed by atoms with Crippen molar-refractivity contribution in [3.8, 4) is 0 Å². The van der Waals surface area contributed by atoms with Gasteiger partial charge in [0.2, 0.25) is 5.91 Å². The van der Waals surface area contributed by atoms with Gasteiger partial charge < -0.3 is 16.8 Å². The molecule has 7 heteroatoms. The number of primary amides is 1. The molecule has 1 aromatic heterocycles. The van der Waals surface area contributed by atoms with Crippen LogP contribution in [0.2, 0.25) is 0 Å². The van der Waals surface area contributed by atoms with Crippen molar-refractivity contribution in [2.75, 3.05) is 5.73 Å². The molecule has 1 unspecified atom stereocenters. The van der Waals surface area contributed by atoms with Crippen LogP contribution in [0.4, 0.5) is 5.69 Å². The fourth-order valence-corrected chi connectivity index (χ4v) is 1.42. The van der Waals surface area contributed by atoms with Crippen molar-refractivity contribution < 1.29 is 9.59 Å². The van der Waals surface area contributed by atoms with Gasteiger partial charge in [-0.1, -0.05) is 0 Å². The summed E-state index contributed by atoms with van der Waals surface area (Å²) in [7, 11) is 0. The first-order valence-electron chi connectivity index (χ1n) is 5.36. The number of anilines is 1. The van der Waals surface area contributed by atoms with Crippen LogP contribution in [0.25, 0.3) is 0 Å². The minimum Gasteiger partial charge on any atom is -0.396 e. The Bertz CT molecular complexity index is 426. The molecule has 1 aromatic rings. The number of carbonyl (C=O) groups excluding carboxylic acids is 2. The highest BCUT2D eigenvalue weighted by Crippen LogP contribution is 2.09. The number of nitrogens with two attached hydrogens (primary N) is 2. The third kappa shape index (κ3) is 3.47. The minimum absolute atomic E-state index is 0.0835. The molecule has 0 spiro atoms. The maximum atomic E-state index is 11.8. The van der Waals surface area contributed by atoms with Crippen LogP contribution in [0.5, 0.6) is 0 Å². The van der Waals surface area contributed by atoms with E-state index in [1.807, 2.05) is 6.92 Å². The van der Waals surface area contributed by atoms with Crippen molar-refractivity contribution >= 4 is 17.5 Å². The first-order chi connectivity index (χ1) is 7.93. The Morgan fingerprint density at radius 2 is 2.24 bits per heavy atom. The number of aryl methyl sites for hydroxylation is 1. The monoisotopic (exact) mass is 239 g/mol. The van der Waals surface area contributed by atoms with E-state index in [1.165, 1.54) is 0 Å². The van der Waals surface area contributed by atoms with Gasteiger partial charge in [0.05, 0.1) is 5.69 Å². The van der Waals surface area contributed by atoms with Crippen LogP contribution in [-0.4, -0.2) is 27.6 Å². The zero-order valence-corrected chi connectivity index (χ0v) is 9.93. The average Bonchev–Trinajstić information content (AvgIpc) is 2.58. The summed E-state index contributed by atoms with van der Waals surface area (Å²) in [4.78, 5) is 22.4. The molecule has 0 aliphatic rings. The quantitative estimate of drug-likeness (QED) is 0.641. The molecular formula is C10H17N5O2. The van der Waals surface area contributed by atoms with Crippen molar-refractivity contribution in [1.82, 2.24) is 15.1 Å². The lowest BCUT2D eigenvalue weighted by atomic mass is 10.2. The van der Waals surface area contributed by atoms with E-state index in [-0.39, 0.29) is 18.2 Å². The molecule has 0 saturated heterocycles. The maximum absolute atomic E-state index is 11.8. The van der Waals surface area contributed by atoms with E-state index in [9.17, 15) is 9.59 Å². The van der Waals surface area contributed by atoms with E-state index in [2.05, 4.69) is 10.4 Å². The summed E-state index contributed by atoms with van der Waals surface area (Å²) in [6, 6.07) is -0.342. The lowest BCUT2D eigenvalue weighted by Crippen LogP contribution is -2.36. The number of nitrogen functional groups attached to an aromatic ring is 1. The summed E-state index contributed by atoms with van der Waals surface area (Å²) in [6.45, 7) is 4.22. The van der Waals surface area contributed by atoms with Gasteiger partial charge in [-0.05, 0) is 13.8 Å². The van der Waals surface area contributed by atoms with Crippen molar-refractivity contribution in [3.05, 3.63) is 11.9 Å². The Morgan fingerprint density at radius 1 is 1.59 bits per heavy atom. The van der Waals surface area contributed by atoms with Crippen LogP contribution in [0.1, 0.15) is 30.8 Å².